The molecule has 1 saturated carbocycles. The predicted octanol–water partition coefficient (Wildman–Crippen LogP) is 2.98. The van der Waals surface area contributed by atoms with Crippen molar-refractivity contribution in [2.45, 2.75) is 30.9 Å². The first-order valence-corrected chi connectivity index (χ1v) is 5.69. The molecule has 0 N–H and O–H groups in total. The molecule has 1 fully saturated rings. The molecular weight excluding hydrogens is 212 g/mol. The number of ether oxygens (including phenoxy) is 2. The van der Waals surface area contributed by atoms with Crippen LogP contribution >= 0.6 is 11.6 Å². The van der Waals surface area contributed by atoms with Crippen LogP contribution in [0.4, 0.5) is 0 Å². The second kappa shape index (κ2) is 4.86. The molecule has 0 heterocycles. The molecule has 1 aliphatic rings. The topological polar surface area (TPSA) is 18.5 Å². The Morgan fingerprint density at radius 1 is 1.20 bits per heavy atom. The number of methoxy groups -OCH3 is 1. The second-order valence-electron chi connectivity index (χ2n) is 3.85. The van der Waals surface area contributed by atoms with Gasteiger partial charge in [0.2, 0.25) is 0 Å². The first-order chi connectivity index (χ1) is 7.31. The molecule has 0 saturated heterocycles. The Balaban J connectivity index is 1.84. The number of halogens is 1. The Hall–Kier alpha value is -0.730. The number of rotatable bonds is 4. The van der Waals surface area contributed by atoms with Gasteiger partial charge in [0.05, 0.1) is 6.10 Å². The average molecular weight is 227 g/mol. The number of hydrogen-bond donors (Lipinski definition) is 0. The van der Waals surface area contributed by atoms with E-state index in [1.165, 1.54) is 0 Å². The number of benzene rings is 1. The lowest BCUT2D eigenvalue weighted by molar-refractivity contribution is -0.0381. The highest BCUT2D eigenvalue weighted by Gasteiger charge is 2.30. The minimum Gasteiger partial charge on any atom is -0.490 e. The molecule has 0 amide bonds. The maximum Gasteiger partial charge on any atom is 0.119 e. The van der Waals surface area contributed by atoms with E-state index in [1.54, 1.807) is 7.11 Å². The zero-order chi connectivity index (χ0) is 10.7. The molecule has 0 aromatic heterocycles. The van der Waals surface area contributed by atoms with Gasteiger partial charge in [-0.15, -0.1) is 11.6 Å². The summed E-state index contributed by atoms with van der Waals surface area (Å²) in [5, 5.41) is 0. The SMILES string of the molecule is COC1CC(Oc2ccc(CCl)cc2)C1. The maximum absolute atomic E-state index is 5.76. The predicted molar refractivity (Wildman–Crippen MR) is 60.4 cm³/mol. The summed E-state index contributed by atoms with van der Waals surface area (Å²) in [4.78, 5) is 0. The zero-order valence-electron chi connectivity index (χ0n) is 8.78. The van der Waals surface area contributed by atoms with Crippen molar-refractivity contribution in [3.8, 4) is 5.75 Å². The molecule has 0 spiro atoms. The van der Waals surface area contributed by atoms with Crippen LogP contribution in [0.2, 0.25) is 0 Å². The van der Waals surface area contributed by atoms with Gasteiger partial charge in [0.1, 0.15) is 11.9 Å². The molecule has 82 valence electrons. The van der Waals surface area contributed by atoms with Crippen LogP contribution in [0.1, 0.15) is 18.4 Å². The summed E-state index contributed by atoms with van der Waals surface area (Å²) in [5.41, 5.74) is 1.12. The fourth-order valence-electron chi connectivity index (χ4n) is 1.66. The quantitative estimate of drug-likeness (QED) is 0.735. The van der Waals surface area contributed by atoms with Crippen molar-refractivity contribution in [2.24, 2.45) is 0 Å². The van der Waals surface area contributed by atoms with E-state index in [0.29, 0.717) is 18.1 Å². The summed E-state index contributed by atoms with van der Waals surface area (Å²) in [7, 11) is 1.75. The van der Waals surface area contributed by atoms with Gasteiger partial charge in [-0.25, -0.2) is 0 Å². The standard InChI is InChI=1S/C12H15ClO2/c1-14-11-6-12(7-11)15-10-4-2-9(8-13)3-5-10/h2-5,11-12H,6-8H2,1H3. The van der Waals surface area contributed by atoms with Crippen LogP contribution in [0.5, 0.6) is 5.75 Å². The van der Waals surface area contributed by atoms with Crippen molar-refractivity contribution < 1.29 is 9.47 Å². The summed E-state index contributed by atoms with van der Waals surface area (Å²) in [6.45, 7) is 0. The summed E-state index contributed by atoms with van der Waals surface area (Å²) < 4.78 is 11.0. The molecule has 0 unspecified atom stereocenters. The van der Waals surface area contributed by atoms with Crippen molar-refractivity contribution >= 4 is 11.6 Å². The maximum atomic E-state index is 5.76. The molecule has 1 aromatic carbocycles. The monoisotopic (exact) mass is 226 g/mol. The van der Waals surface area contributed by atoms with Gasteiger partial charge in [0, 0.05) is 25.8 Å². The van der Waals surface area contributed by atoms with E-state index >= 15 is 0 Å². The lowest BCUT2D eigenvalue weighted by atomic mass is 9.92. The van der Waals surface area contributed by atoms with E-state index in [4.69, 9.17) is 21.1 Å². The van der Waals surface area contributed by atoms with Gasteiger partial charge in [-0.2, -0.15) is 0 Å². The molecular formula is C12H15ClO2. The molecule has 3 heteroatoms. The molecule has 0 atom stereocenters. The van der Waals surface area contributed by atoms with Gasteiger partial charge in [-0.05, 0) is 17.7 Å². The highest BCUT2D eigenvalue weighted by Crippen LogP contribution is 2.27. The van der Waals surface area contributed by atoms with Gasteiger partial charge < -0.3 is 9.47 Å². The number of alkyl halides is 1. The Morgan fingerprint density at radius 3 is 2.40 bits per heavy atom. The van der Waals surface area contributed by atoms with Crippen molar-refractivity contribution in [3.63, 3.8) is 0 Å². The van der Waals surface area contributed by atoms with Crippen LogP contribution in [0, 0.1) is 0 Å². The molecule has 15 heavy (non-hydrogen) atoms. The van der Waals surface area contributed by atoms with Crippen LogP contribution in [0.25, 0.3) is 0 Å². The van der Waals surface area contributed by atoms with Gasteiger partial charge in [0.15, 0.2) is 0 Å². The zero-order valence-corrected chi connectivity index (χ0v) is 9.54. The lowest BCUT2D eigenvalue weighted by Gasteiger charge is -2.34. The normalized spacial score (nSPS) is 24.7. The van der Waals surface area contributed by atoms with Crippen LogP contribution in [-0.4, -0.2) is 19.3 Å². The van der Waals surface area contributed by atoms with Crippen molar-refractivity contribution in [3.05, 3.63) is 29.8 Å². The van der Waals surface area contributed by atoms with Crippen molar-refractivity contribution in [2.75, 3.05) is 7.11 Å². The molecule has 0 bridgehead atoms. The third-order valence-electron chi connectivity index (χ3n) is 2.77. The van der Waals surface area contributed by atoms with E-state index in [-0.39, 0.29) is 0 Å². The van der Waals surface area contributed by atoms with E-state index < -0.39 is 0 Å². The van der Waals surface area contributed by atoms with E-state index in [1.807, 2.05) is 24.3 Å². The van der Waals surface area contributed by atoms with Crippen LogP contribution < -0.4 is 4.74 Å². The molecule has 0 radical (unpaired) electrons. The smallest absolute Gasteiger partial charge is 0.119 e. The first kappa shape index (κ1) is 10.8. The van der Waals surface area contributed by atoms with Crippen LogP contribution in [0.3, 0.4) is 0 Å². The third-order valence-corrected chi connectivity index (χ3v) is 3.07. The van der Waals surface area contributed by atoms with Gasteiger partial charge >= 0.3 is 0 Å². The minimum absolute atomic E-state index is 0.316. The highest BCUT2D eigenvalue weighted by molar-refractivity contribution is 6.17. The highest BCUT2D eigenvalue weighted by atomic mass is 35.5. The molecule has 1 aromatic rings. The Bertz CT molecular complexity index is 304. The number of hydrogen-bond acceptors (Lipinski definition) is 2. The average Bonchev–Trinajstić information content (AvgIpc) is 2.23. The Kier molecular flexibility index (Phi) is 3.49. The van der Waals surface area contributed by atoms with Gasteiger partial charge in [-0.1, -0.05) is 12.1 Å². The van der Waals surface area contributed by atoms with Crippen LogP contribution in [-0.2, 0) is 10.6 Å². The summed E-state index contributed by atoms with van der Waals surface area (Å²) in [6.07, 6.45) is 2.69. The first-order valence-electron chi connectivity index (χ1n) is 5.16. The molecule has 2 rings (SSSR count). The summed E-state index contributed by atoms with van der Waals surface area (Å²) in [5.74, 6) is 1.47. The van der Waals surface area contributed by atoms with E-state index in [9.17, 15) is 0 Å². The molecule has 2 nitrogen and oxygen atoms in total. The Morgan fingerprint density at radius 2 is 1.87 bits per heavy atom. The van der Waals surface area contributed by atoms with E-state index in [0.717, 1.165) is 24.2 Å². The summed E-state index contributed by atoms with van der Waals surface area (Å²) in [6, 6.07) is 7.93. The third kappa shape index (κ3) is 2.64. The fourth-order valence-corrected chi connectivity index (χ4v) is 1.83. The van der Waals surface area contributed by atoms with Gasteiger partial charge in [0.25, 0.3) is 0 Å². The van der Waals surface area contributed by atoms with E-state index in [2.05, 4.69) is 0 Å². The van der Waals surface area contributed by atoms with Crippen molar-refractivity contribution in [1.29, 1.82) is 0 Å². The molecule has 0 aliphatic heterocycles. The summed E-state index contributed by atoms with van der Waals surface area (Å²) >= 11 is 5.70. The van der Waals surface area contributed by atoms with Crippen LogP contribution in [0.15, 0.2) is 24.3 Å². The molecule has 1 aliphatic carbocycles. The van der Waals surface area contributed by atoms with Gasteiger partial charge in [-0.3, -0.25) is 0 Å². The second-order valence-corrected chi connectivity index (χ2v) is 4.11. The fraction of sp³-hybridized carbons (Fsp3) is 0.500. The Labute approximate surface area is 95.1 Å². The largest absolute Gasteiger partial charge is 0.490 e. The minimum atomic E-state index is 0.316. The lowest BCUT2D eigenvalue weighted by Crippen LogP contribution is -2.38. The van der Waals surface area contributed by atoms with Crippen molar-refractivity contribution in [1.82, 2.24) is 0 Å².